The van der Waals surface area contributed by atoms with Crippen LogP contribution in [-0.4, -0.2) is 49.4 Å². The maximum Gasteiger partial charge on any atom is 0.257 e. The molecule has 1 aliphatic heterocycles. The van der Waals surface area contributed by atoms with Crippen molar-refractivity contribution < 1.29 is 23.9 Å². The quantitative estimate of drug-likeness (QED) is 0.414. The first-order valence-corrected chi connectivity index (χ1v) is 11.9. The van der Waals surface area contributed by atoms with Gasteiger partial charge in [-0.15, -0.1) is 0 Å². The average molecular weight is 507 g/mol. The van der Waals surface area contributed by atoms with Gasteiger partial charge >= 0.3 is 0 Å². The van der Waals surface area contributed by atoms with Crippen LogP contribution in [-0.2, 0) is 16.0 Å². The molecule has 0 aliphatic carbocycles. The van der Waals surface area contributed by atoms with Crippen molar-refractivity contribution in [1.29, 1.82) is 0 Å². The second kappa shape index (κ2) is 10.8. The molecule has 3 aromatic carbocycles. The summed E-state index contributed by atoms with van der Waals surface area (Å²) in [7, 11) is 3.12. The number of imide groups is 1. The lowest BCUT2D eigenvalue weighted by molar-refractivity contribution is -0.122. The van der Waals surface area contributed by atoms with Gasteiger partial charge in [0, 0.05) is 17.1 Å². The van der Waals surface area contributed by atoms with Crippen molar-refractivity contribution in [1.82, 2.24) is 4.90 Å². The molecule has 0 aromatic heterocycles. The lowest BCUT2D eigenvalue weighted by atomic mass is 10.1. The van der Waals surface area contributed by atoms with Crippen molar-refractivity contribution in [2.45, 2.75) is 25.8 Å². The van der Waals surface area contributed by atoms with Crippen LogP contribution in [0.2, 0.25) is 5.02 Å². The molecule has 36 heavy (non-hydrogen) atoms. The number of hydrogen-bond acceptors (Lipinski definition) is 5. The molecule has 0 bridgehead atoms. The molecular formula is C28H27ClN2O5. The molecule has 1 heterocycles. The first-order valence-electron chi connectivity index (χ1n) is 11.5. The van der Waals surface area contributed by atoms with E-state index in [4.69, 9.17) is 21.1 Å². The Hall–Kier alpha value is -3.84. The van der Waals surface area contributed by atoms with Crippen LogP contribution in [0.5, 0.6) is 11.5 Å². The summed E-state index contributed by atoms with van der Waals surface area (Å²) in [6.07, 6.45) is 0.363. The first-order chi connectivity index (χ1) is 17.3. The lowest BCUT2D eigenvalue weighted by Crippen LogP contribution is -2.46. The molecule has 1 fully saturated rings. The molecule has 1 aliphatic rings. The van der Waals surface area contributed by atoms with Gasteiger partial charge in [-0.05, 0) is 67.4 Å². The largest absolute Gasteiger partial charge is 0.493 e. The Labute approximate surface area is 215 Å². The summed E-state index contributed by atoms with van der Waals surface area (Å²) in [5.41, 5.74) is 2.81. The van der Waals surface area contributed by atoms with Crippen LogP contribution in [0.4, 0.5) is 5.69 Å². The number of rotatable bonds is 8. The monoisotopic (exact) mass is 506 g/mol. The summed E-state index contributed by atoms with van der Waals surface area (Å²) in [5.74, 6) is 0.0753. The zero-order valence-electron chi connectivity index (χ0n) is 20.4. The van der Waals surface area contributed by atoms with Crippen LogP contribution in [0.1, 0.15) is 27.9 Å². The van der Waals surface area contributed by atoms with E-state index in [1.807, 2.05) is 31.2 Å². The number of carbonyl (C=O) groups is 3. The van der Waals surface area contributed by atoms with E-state index in [0.29, 0.717) is 34.2 Å². The predicted octanol–water partition coefficient (Wildman–Crippen LogP) is 4.68. The summed E-state index contributed by atoms with van der Waals surface area (Å²) in [6, 6.07) is 18.3. The summed E-state index contributed by atoms with van der Waals surface area (Å²) >= 11 is 5.97. The molecule has 1 saturated heterocycles. The molecule has 8 heteroatoms. The highest BCUT2D eigenvalue weighted by Gasteiger charge is 2.44. The summed E-state index contributed by atoms with van der Waals surface area (Å²) < 4.78 is 10.7. The standard InChI is InChI=1S/C28H27ClN2O5/c1-18-4-7-20(8-5-18)27(33)30(15-14-19-6-13-24(35-2)25(16-19)36-3)23-17-26(32)31(28(23)34)22-11-9-21(29)10-12-22/h4-13,16,23H,14-15,17H2,1-3H3. The smallest absolute Gasteiger partial charge is 0.257 e. The molecule has 7 nitrogen and oxygen atoms in total. The number of halogens is 1. The highest BCUT2D eigenvalue weighted by molar-refractivity contribution is 6.31. The highest BCUT2D eigenvalue weighted by atomic mass is 35.5. The summed E-state index contributed by atoms with van der Waals surface area (Å²) in [5, 5.41) is 0.500. The van der Waals surface area contributed by atoms with Crippen molar-refractivity contribution >= 4 is 35.0 Å². The van der Waals surface area contributed by atoms with Crippen LogP contribution < -0.4 is 14.4 Å². The van der Waals surface area contributed by atoms with Crippen molar-refractivity contribution in [2.75, 3.05) is 25.7 Å². The number of ether oxygens (including phenoxy) is 2. The Bertz CT molecular complexity index is 1270. The number of methoxy groups -OCH3 is 2. The van der Waals surface area contributed by atoms with E-state index < -0.39 is 11.9 Å². The highest BCUT2D eigenvalue weighted by Crippen LogP contribution is 2.30. The Morgan fingerprint density at radius 1 is 0.972 bits per heavy atom. The molecule has 3 aromatic rings. The van der Waals surface area contributed by atoms with Gasteiger partial charge in [-0.2, -0.15) is 0 Å². The van der Waals surface area contributed by atoms with Crippen LogP contribution in [0.3, 0.4) is 0 Å². The topological polar surface area (TPSA) is 76.2 Å². The third kappa shape index (κ3) is 5.21. The molecule has 186 valence electrons. The van der Waals surface area contributed by atoms with Gasteiger partial charge in [-0.1, -0.05) is 35.4 Å². The van der Waals surface area contributed by atoms with Crippen LogP contribution in [0.15, 0.2) is 66.7 Å². The van der Waals surface area contributed by atoms with Crippen LogP contribution >= 0.6 is 11.6 Å². The van der Waals surface area contributed by atoms with E-state index in [-0.39, 0.29) is 24.8 Å². The third-order valence-corrected chi connectivity index (χ3v) is 6.48. The Morgan fingerprint density at radius 3 is 2.28 bits per heavy atom. The van der Waals surface area contributed by atoms with Crippen molar-refractivity contribution in [3.63, 3.8) is 0 Å². The normalized spacial score (nSPS) is 15.2. The Balaban J connectivity index is 1.63. The van der Waals surface area contributed by atoms with Gasteiger partial charge in [0.15, 0.2) is 11.5 Å². The lowest BCUT2D eigenvalue weighted by Gasteiger charge is -2.28. The number of carbonyl (C=O) groups excluding carboxylic acids is 3. The van der Waals surface area contributed by atoms with Gasteiger partial charge < -0.3 is 14.4 Å². The fourth-order valence-corrected chi connectivity index (χ4v) is 4.39. The predicted molar refractivity (Wildman–Crippen MR) is 138 cm³/mol. The maximum absolute atomic E-state index is 13.6. The average Bonchev–Trinajstić information content (AvgIpc) is 3.18. The molecule has 3 amide bonds. The van der Waals surface area contributed by atoms with Gasteiger partial charge in [0.2, 0.25) is 5.91 Å². The minimum Gasteiger partial charge on any atom is -0.493 e. The first kappa shape index (κ1) is 25.3. The summed E-state index contributed by atoms with van der Waals surface area (Å²) in [4.78, 5) is 42.6. The molecular weight excluding hydrogens is 480 g/mol. The second-order valence-corrected chi connectivity index (χ2v) is 9.00. The molecule has 1 unspecified atom stereocenters. The number of hydrogen-bond donors (Lipinski definition) is 0. The van der Waals surface area contributed by atoms with E-state index in [2.05, 4.69) is 0 Å². The fraction of sp³-hybridized carbons (Fsp3) is 0.250. The van der Waals surface area contributed by atoms with Gasteiger partial charge in [0.05, 0.1) is 26.3 Å². The number of amides is 3. The van der Waals surface area contributed by atoms with Crippen LogP contribution in [0.25, 0.3) is 0 Å². The molecule has 0 saturated carbocycles. The van der Waals surface area contributed by atoms with E-state index in [1.54, 1.807) is 56.7 Å². The number of anilines is 1. The Kier molecular flexibility index (Phi) is 7.60. The zero-order valence-corrected chi connectivity index (χ0v) is 21.1. The van der Waals surface area contributed by atoms with E-state index >= 15 is 0 Å². The number of benzene rings is 3. The molecule has 1 atom stereocenters. The molecule has 4 rings (SSSR count). The van der Waals surface area contributed by atoms with Gasteiger partial charge in [-0.3, -0.25) is 14.4 Å². The van der Waals surface area contributed by atoms with Crippen molar-refractivity contribution in [3.05, 3.63) is 88.4 Å². The minimum atomic E-state index is -0.915. The number of aryl methyl sites for hydroxylation is 1. The molecule has 0 radical (unpaired) electrons. The Morgan fingerprint density at radius 2 is 1.64 bits per heavy atom. The third-order valence-electron chi connectivity index (χ3n) is 6.23. The van der Waals surface area contributed by atoms with E-state index in [9.17, 15) is 14.4 Å². The fourth-order valence-electron chi connectivity index (χ4n) is 4.27. The van der Waals surface area contributed by atoms with Gasteiger partial charge in [-0.25, -0.2) is 4.90 Å². The minimum absolute atomic E-state index is 0.0923. The van der Waals surface area contributed by atoms with E-state index in [0.717, 1.165) is 16.0 Å². The van der Waals surface area contributed by atoms with Crippen molar-refractivity contribution in [2.24, 2.45) is 0 Å². The van der Waals surface area contributed by atoms with Crippen LogP contribution in [0, 0.1) is 6.92 Å². The molecule has 0 spiro atoms. The molecule has 0 N–H and O–H groups in total. The summed E-state index contributed by atoms with van der Waals surface area (Å²) in [6.45, 7) is 2.17. The van der Waals surface area contributed by atoms with Gasteiger partial charge in [0.1, 0.15) is 6.04 Å². The van der Waals surface area contributed by atoms with Crippen molar-refractivity contribution in [3.8, 4) is 11.5 Å². The second-order valence-electron chi connectivity index (χ2n) is 8.57. The zero-order chi connectivity index (χ0) is 25.8. The maximum atomic E-state index is 13.6. The van der Waals surface area contributed by atoms with Gasteiger partial charge in [0.25, 0.3) is 11.8 Å². The SMILES string of the molecule is COc1ccc(CCN(C(=O)c2ccc(C)cc2)C2CC(=O)N(c3ccc(Cl)cc3)C2=O)cc1OC. The van der Waals surface area contributed by atoms with E-state index in [1.165, 1.54) is 4.90 Å². The number of nitrogens with zero attached hydrogens (tertiary/aromatic N) is 2.